The summed E-state index contributed by atoms with van der Waals surface area (Å²) in [6.45, 7) is 4.33. The summed E-state index contributed by atoms with van der Waals surface area (Å²) in [6.07, 6.45) is 2.71. The van der Waals surface area contributed by atoms with Gasteiger partial charge in [0.1, 0.15) is 4.88 Å². The van der Waals surface area contributed by atoms with E-state index in [-0.39, 0.29) is 11.8 Å². The number of thiazole rings is 1. The van der Waals surface area contributed by atoms with E-state index >= 15 is 0 Å². The summed E-state index contributed by atoms with van der Waals surface area (Å²) in [5.41, 5.74) is 2.67. The first-order valence-electron chi connectivity index (χ1n) is 6.53. The molecule has 0 bridgehead atoms. The van der Waals surface area contributed by atoms with Gasteiger partial charge in [0.05, 0.1) is 17.3 Å². The molecule has 5 heteroatoms. The van der Waals surface area contributed by atoms with Gasteiger partial charge < -0.3 is 10.4 Å². The van der Waals surface area contributed by atoms with Crippen molar-refractivity contribution in [1.29, 1.82) is 0 Å². The number of aliphatic hydroxyl groups excluding tert-OH is 1. The Labute approximate surface area is 111 Å². The summed E-state index contributed by atoms with van der Waals surface area (Å²) in [6, 6.07) is 0. The highest BCUT2D eigenvalue weighted by molar-refractivity contribution is 7.11. The van der Waals surface area contributed by atoms with E-state index in [0.717, 1.165) is 25.0 Å². The van der Waals surface area contributed by atoms with Crippen molar-refractivity contribution in [3.8, 4) is 0 Å². The Morgan fingerprint density at radius 3 is 3.00 bits per heavy atom. The maximum absolute atomic E-state index is 12.0. The van der Waals surface area contributed by atoms with Gasteiger partial charge in [-0.3, -0.25) is 4.79 Å². The summed E-state index contributed by atoms with van der Waals surface area (Å²) in [5, 5.41) is 12.6. The second-order valence-corrected chi connectivity index (χ2v) is 5.86. The maximum Gasteiger partial charge on any atom is 0.263 e. The predicted molar refractivity (Wildman–Crippen MR) is 71.9 cm³/mol. The monoisotopic (exact) mass is 268 g/mol. The summed E-state index contributed by atoms with van der Waals surface area (Å²) in [5.74, 6) is 0.591. The molecule has 0 spiro atoms. The Morgan fingerprint density at radius 2 is 2.39 bits per heavy atom. The van der Waals surface area contributed by atoms with E-state index in [1.807, 2.05) is 13.8 Å². The number of nitrogens with zero attached hydrogens (tertiary/aromatic N) is 1. The van der Waals surface area contributed by atoms with E-state index in [0.29, 0.717) is 17.3 Å². The molecule has 0 radical (unpaired) electrons. The molecule has 0 aliphatic heterocycles. The van der Waals surface area contributed by atoms with E-state index in [4.69, 9.17) is 0 Å². The standard InChI is InChI=1S/C13H20N2O2S/c1-3-8(2)10(16)6-14-13(17)12-11(9-4-5-9)15-7-18-12/h7-10,16H,3-6H2,1-2H3,(H,14,17). The first-order chi connectivity index (χ1) is 8.63. The lowest BCUT2D eigenvalue weighted by Crippen LogP contribution is -2.35. The lowest BCUT2D eigenvalue weighted by molar-refractivity contribution is 0.0852. The smallest absolute Gasteiger partial charge is 0.263 e. The van der Waals surface area contributed by atoms with Gasteiger partial charge in [0.15, 0.2) is 0 Å². The van der Waals surface area contributed by atoms with E-state index in [1.54, 1.807) is 5.51 Å². The third-order valence-electron chi connectivity index (χ3n) is 3.54. The van der Waals surface area contributed by atoms with Gasteiger partial charge in [-0.2, -0.15) is 0 Å². The van der Waals surface area contributed by atoms with Crippen LogP contribution >= 0.6 is 11.3 Å². The molecule has 1 aromatic rings. The number of amides is 1. The van der Waals surface area contributed by atoms with Gasteiger partial charge in [0.25, 0.3) is 5.91 Å². The second kappa shape index (κ2) is 5.80. The highest BCUT2D eigenvalue weighted by atomic mass is 32.1. The fourth-order valence-electron chi connectivity index (χ4n) is 1.82. The molecule has 2 unspecified atom stereocenters. The van der Waals surface area contributed by atoms with Crippen LogP contribution in [0.25, 0.3) is 0 Å². The minimum absolute atomic E-state index is 0.0956. The van der Waals surface area contributed by atoms with E-state index < -0.39 is 6.10 Å². The third kappa shape index (κ3) is 3.09. The van der Waals surface area contributed by atoms with Crippen molar-refractivity contribution in [2.75, 3.05) is 6.54 Å². The van der Waals surface area contributed by atoms with Crippen molar-refractivity contribution in [3.05, 3.63) is 16.1 Å². The Balaban J connectivity index is 1.89. The Bertz CT molecular complexity index is 415. The van der Waals surface area contributed by atoms with Crippen LogP contribution in [0.5, 0.6) is 0 Å². The molecule has 1 saturated carbocycles. The second-order valence-electron chi connectivity index (χ2n) is 5.00. The Morgan fingerprint density at radius 1 is 1.67 bits per heavy atom. The van der Waals surface area contributed by atoms with Crippen molar-refractivity contribution in [2.24, 2.45) is 5.92 Å². The summed E-state index contributed by atoms with van der Waals surface area (Å²) >= 11 is 1.39. The summed E-state index contributed by atoms with van der Waals surface area (Å²) in [7, 11) is 0. The molecular formula is C13H20N2O2S. The van der Waals surface area contributed by atoms with Gasteiger partial charge in [-0.15, -0.1) is 11.3 Å². The van der Waals surface area contributed by atoms with Crippen LogP contribution in [0.2, 0.25) is 0 Å². The number of aliphatic hydroxyl groups is 1. The average Bonchev–Trinajstić information content (AvgIpc) is 3.11. The van der Waals surface area contributed by atoms with E-state index in [2.05, 4.69) is 10.3 Å². The molecule has 100 valence electrons. The quantitative estimate of drug-likeness (QED) is 0.831. The van der Waals surface area contributed by atoms with Crippen molar-refractivity contribution in [1.82, 2.24) is 10.3 Å². The van der Waals surface area contributed by atoms with Crippen molar-refractivity contribution < 1.29 is 9.90 Å². The molecule has 1 fully saturated rings. The third-order valence-corrected chi connectivity index (χ3v) is 4.38. The largest absolute Gasteiger partial charge is 0.391 e. The van der Waals surface area contributed by atoms with Crippen LogP contribution in [-0.2, 0) is 0 Å². The van der Waals surface area contributed by atoms with Crippen molar-refractivity contribution in [3.63, 3.8) is 0 Å². The predicted octanol–water partition coefficient (Wildman–Crippen LogP) is 2.16. The number of carbonyl (C=O) groups is 1. The molecule has 1 heterocycles. The minimum Gasteiger partial charge on any atom is -0.391 e. The van der Waals surface area contributed by atoms with Gasteiger partial charge in [0.2, 0.25) is 0 Å². The number of nitrogens with one attached hydrogen (secondary N) is 1. The fourth-order valence-corrected chi connectivity index (χ4v) is 2.61. The number of rotatable bonds is 6. The molecule has 2 N–H and O–H groups in total. The highest BCUT2D eigenvalue weighted by Crippen LogP contribution is 2.41. The molecule has 0 aromatic carbocycles. The lowest BCUT2D eigenvalue weighted by atomic mass is 10.0. The lowest BCUT2D eigenvalue weighted by Gasteiger charge is -2.17. The van der Waals surface area contributed by atoms with Crippen LogP contribution in [0.3, 0.4) is 0 Å². The van der Waals surface area contributed by atoms with Crippen LogP contribution in [0.4, 0.5) is 0 Å². The molecule has 1 aromatic heterocycles. The number of carbonyl (C=O) groups excluding carboxylic acids is 1. The van der Waals surface area contributed by atoms with Gasteiger partial charge in [-0.05, 0) is 18.8 Å². The van der Waals surface area contributed by atoms with E-state index in [1.165, 1.54) is 11.3 Å². The maximum atomic E-state index is 12.0. The summed E-state index contributed by atoms with van der Waals surface area (Å²) < 4.78 is 0. The molecule has 2 atom stereocenters. The first-order valence-corrected chi connectivity index (χ1v) is 7.41. The van der Waals surface area contributed by atoms with Crippen LogP contribution in [0.15, 0.2) is 5.51 Å². The minimum atomic E-state index is -0.476. The molecule has 0 saturated heterocycles. The average molecular weight is 268 g/mol. The zero-order valence-electron chi connectivity index (χ0n) is 10.8. The summed E-state index contributed by atoms with van der Waals surface area (Å²) in [4.78, 5) is 17.0. The Kier molecular flexibility index (Phi) is 4.35. The highest BCUT2D eigenvalue weighted by Gasteiger charge is 2.30. The Hall–Kier alpha value is -0.940. The van der Waals surface area contributed by atoms with Crippen LogP contribution < -0.4 is 5.32 Å². The van der Waals surface area contributed by atoms with Crippen LogP contribution in [0.1, 0.15) is 54.4 Å². The SMILES string of the molecule is CCC(C)C(O)CNC(=O)c1scnc1C1CC1. The molecule has 2 rings (SSSR count). The zero-order chi connectivity index (χ0) is 13.1. The van der Waals surface area contributed by atoms with Crippen LogP contribution in [-0.4, -0.2) is 28.6 Å². The molecule has 18 heavy (non-hydrogen) atoms. The van der Waals surface area contributed by atoms with Gasteiger partial charge in [0, 0.05) is 12.5 Å². The number of hydrogen-bond donors (Lipinski definition) is 2. The van der Waals surface area contributed by atoms with Gasteiger partial charge in [-0.25, -0.2) is 4.98 Å². The molecular weight excluding hydrogens is 248 g/mol. The molecule has 1 aliphatic carbocycles. The topological polar surface area (TPSA) is 62.2 Å². The number of aromatic nitrogens is 1. The number of hydrogen-bond acceptors (Lipinski definition) is 4. The molecule has 4 nitrogen and oxygen atoms in total. The fraction of sp³-hybridized carbons (Fsp3) is 0.692. The zero-order valence-corrected chi connectivity index (χ0v) is 11.7. The van der Waals surface area contributed by atoms with Crippen molar-refractivity contribution >= 4 is 17.2 Å². The molecule has 1 aliphatic rings. The normalized spacial score (nSPS) is 18.4. The van der Waals surface area contributed by atoms with E-state index in [9.17, 15) is 9.90 Å². The first kappa shape index (κ1) is 13.5. The van der Waals surface area contributed by atoms with Gasteiger partial charge in [-0.1, -0.05) is 20.3 Å². The van der Waals surface area contributed by atoms with Gasteiger partial charge >= 0.3 is 0 Å². The van der Waals surface area contributed by atoms with Crippen molar-refractivity contribution in [2.45, 2.75) is 45.1 Å². The van der Waals surface area contributed by atoms with Crippen LogP contribution in [0, 0.1) is 5.92 Å². The molecule has 1 amide bonds.